The summed E-state index contributed by atoms with van der Waals surface area (Å²) in [5.74, 6) is 1.21. The first kappa shape index (κ1) is 19.1. The number of nitrogens with zero attached hydrogens (tertiary/aromatic N) is 1. The third-order valence-corrected chi connectivity index (χ3v) is 6.02. The van der Waals surface area contributed by atoms with Crippen molar-refractivity contribution in [1.29, 1.82) is 0 Å². The lowest BCUT2D eigenvalue weighted by Crippen LogP contribution is -2.29. The number of H-pyrrole nitrogens is 1. The van der Waals surface area contributed by atoms with Crippen molar-refractivity contribution >= 4 is 10.0 Å². The van der Waals surface area contributed by atoms with Crippen molar-refractivity contribution in [3.05, 3.63) is 66.1 Å². The molecule has 1 aromatic heterocycles. The number of aromatic amines is 1. The zero-order valence-electron chi connectivity index (χ0n) is 15.6. The lowest BCUT2D eigenvalue weighted by Gasteiger charge is -2.16. The van der Waals surface area contributed by atoms with Crippen LogP contribution in [0.1, 0.15) is 30.8 Å². The maximum atomic E-state index is 12.9. The highest BCUT2D eigenvalue weighted by atomic mass is 32.2. The highest BCUT2D eigenvalue weighted by Gasteiger charge is 2.24. The van der Waals surface area contributed by atoms with E-state index >= 15 is 0 Å². The molecule has 0 radical (unpaired) electrons. The molecule has 0 spiro atoms. The monoisotopic (exact) mass is 385 g/mol. The van der Waals surface area contributed by atoms with Gasteiger partial charge in [0.2, 0.25) is 10.0 Å². The third kappa shape index (κ3) is 4.20. The number of methoxy groups -OCH3 is 1. The quantitative estimate of drug-likeness (QED) is 0.647. The molecule has 0 saturated heterocycles. The lowest BCUT2D eigenvalue weighted by atomic mass is 10.2. The van der Waals surface area contributed by atoms with E-state index in [1.807, 2.05) is 37.3 Å². The Kier molecular flexibility index (Phi) is 5.62. The van der Waals surface area contributed by atoms with E-state index in [4.69, 9.17) is 4.74 Å². The minimum atomic E-state index is -3.70. The van der Waals surface area contributed by atoms with E-state index in [2.05, 4.69) is 14.7 Å². The van der Waals surface area contributed by atoms with Crippen LogP contribution in [0.2, 0.25) is 0 Å². The number of hydrogen-bond acceptors (Lipinski definition) is 4. The van der Waals surface area contributed by atoms with Gasteiger partial charge in [0.1, 0.15) is 11.6 Å². The molecule has 2 N–H and O–H groups in total. The predicted molar refractivity (Wildman–Crippen MR) is 105 cm³/mol. The minimum absolute atomic E-state index is 0.233. The Hall–Kier alpha value is -2.64. The summed E-state index contributed by atoms with van der Waals surface area (Å²) in [7, 11) is -2.15. The molecular weight excluding hydrogens is 362 g/mol. The molecule has 0 saturated carbocycles. The SMILES string of the molecule is CCC(NS(=O)(=O)c1ccc(OC)cc1C)c1ncc(-c2ccccc2)[nH]1. The molecule has 27 heavy (non-hydrogen) atoms. The van der Waals surface area contributed by atoms with Crippen LogP contribution in [0.25, 0.3) is 11.3 Å². The van der Waals surface area contributed by atoms with Crippen molar-refractivity contribution in [2.45, 2.75) is 31.2 Å². The maximum Gasteiger partial charge on any atom is 0.241 e. The largest absolute Gasteiger partial charge is 0.497 e. The average molecular weight is 385 g/mol. The van der Waals surface area contributed by atoms with Gasteiger partial charge in [0.25, 0.3) is 0 Å². The number of aryl methyl sites for hydroxylation is 1. The first-order valence-electron chi connectivity index (χ1n) is 8.72. The van der Waals surface area contributed by atoms with E-state index in [0.717, 1.165) is 11.3 Å². The fourth-order valence-electron chi connectivity index (χ4n) is 2.91. The molecule has 0 aliphatic heterocycles. The van der Waals surface area contributed by atoms with Crippen LogP contribution in [-0.4, -0.2) is 25.5 Å². The molecule has 0 bridgehead atoms. The summed E-state index contributed by atoms with van der Waals surface area (Å²) in [4.78, 5) is 7.85. The second-order valence-corrected chi connectivity index (χ2v) is 7.94. The molecule has 142 valence electrons. The number of imidazole rings is 1. The van der Waals surface area contributed by atoms with Gasteiger partial charge in [0.15, 0.2) is 0 Å². The van der Waals surface area contributed by atoms with E-state index in [1.54, 1.807) is 38.4 Å². The van der Waals surface area contributed by atoms with Crippen LogP contribution < -0.4 is 9.46 Å². The van der Waals surface area contributed by atoms with Crippen LogP contribution in [0.3, 0.4) is 0 Å². The Bertz CT molecular complexity index is 1010. The Morgan fingerprint density at radius 2 is 1.93 bits per heavy atom. The van der Waals surface area contributed by atoms with Crippen molar-refractivity contribution in [1.82, 2.24) is 14.7 Å². The van der Waals surface area contributed by atoms with Gasteiger partial charge in [-0.25, -0.2) is 18.1 Å². The van der Waals surface area contributed by atoms with Gasteiger partial charge in [0, 0.05) is 0 Å². The minimum Gasteiger partial charge on any atom is -0.497 e. The molecule has 0 aliphatic carbocycles. The van der Waals surface area contributed by atoms with Crippen LogP contribution in [0.5, 0.6) is 5.75 Å². The Morgan fingerprint density at radius 1 is 1.19 bits per heavy atom. The highest BCUT2D eigenvalue weighted by molar-refractivity contribution is 7.89. The Balaban J connectivity index is 1.85. The number of aromatic nitrogens is 2. The van der Waals surface area contributed by atoms with Gasteiger partial charge in [-0.15, -0.1) is 0 Å². The van der Waals surface area contributed by atoms with E-state index in [1.165, 1.54) is 0 Å². The molecule has 0 aliphatic rings. The van der Waals surface area contributed by atoms with Crippen molar-refractivity contribution in [2.24, 2.45) is 0 Å². The number of ether oxygens (including phenoxy) is 1. The molecular formula is C20H23N3O3S. The van der Waals surface area contributed by atoms with Gasteiger partial charge in [-0.3, -0.25) is 0 Å². The Morgan fingerprint density at radius 3 is 2.56 bits per heavy atom. The van der Waals surface area contributed by atoms with Crippen LogP contribution >= 0.6 is 0 Å². The summed E-state index contributed by atoms with van der Waals surface area (Å²) < 4.78 is 33.7. The highest BCUT2D eigenvalue weighted by Crippen LogP contribution is 2.25. The summed E-state index contributed by atoms with van der Waals surface area (Å²) in [6.45, 7) is 3.66. The van der Waals surface area contributed by atoms with Crippen LogP contribution in [0.15, 0.2) is 59.6 Å². The molecule has 1 unspecified atom stereocenters. The first-order chi connectivity index (χ1) is 12.9. The van der Waals surface area contributed by atoms with Gasteiger partial charge >= 0.3 is 0 Å². The Labute approximate surface area is 159 Å². The summed E-state index contributed by atoms with van der Waals surface area (Å²) in [5.41, 5.74) is 2.48. The number of nitrogens with one attached hydrogen (secondary N) is 2. The number of hydrogen-bond donors (Lipinski definition) is 2. The fraction of sp³-hybridized carbons (Fsp3) is 0.250. The van der Waals surface area contributed by atoms with Crippen LogP contribution in [0, 0.1) is 6.92 Å². The standard InChI is InChI=1S/C20H23N3O3S/c1-4-17(20-21-13-18(22-20)15-8-6-5-7-9-15)23-27(24,25)19-11-10-16(26-3)12-14(19)2/h5-13,17,23H,4H2,1-3H3,(H,21,22). The molecule has 0 amide bonds. The fourth-order valence-corrected chi connectivity index (χ4v) is 4.42. The molecule has 2 aromatic carbocycles. The van der Waals surface area contributed by atoms with Gasteiger partial charge in [-0.05, 0) is 42.7 Å². The molecule has 0 fully saturated rings. The molecule has 1 heterocycles. The van der Waals surface area contributed by atoms with Gasteiger partial charge in [0.05, 0.1) is 29.9 Å². The smallest absolute Gasteiger partial charge is 0.241 e. The molecule has 7 heteroatoms. The first-order valence-corrected chi connectivity index (χ1v) is 10.2. The summed E-state index contributed by atoms with van der Waals surface area (Å²) in [5, 5.41) is 0. The second-order valence-electron chi connectivity index (χ2n) is 6.26. The number of sulfonamides is 1. The lowest BCUT2D eigenvalue weighted by molar-refractivity contribution is 0.414. The summed E-state index contributed by atoms with van der Waals surface area (Å²) >= 11 is 0. The zero-order chi connectivity index (χ0) is 19.4. The van der Waals surface area contributed by atoms with E-state index in [9.17, 15) is 8.42 Å². The van der Waals surface area contributed by atoms with E-state index < -0.39 is 16.1 Å². The molecule has 3 rings (SSSR count). The molecule has 1 atom stereocenters. The van der Waals surface area contributed by atoms with E-state index in [0.29, 0.717) is 23.6 Å². The van der Waals surface area contributed by atoms with Crippen molar-refractivity contribution in [3.8, 4) is 17.0 Å². The van der Waals surface area contributed by atoms with Gasteiger partial charge < -0.3 is 9.72 Å². The van der Waals surface area contributed by atoms with Gasteiger partial charge in [-0.1, -0.05) is 37.3 Å². The average Bonchev–Trinajstić information content (AvgIpc) is 3.16. The van der Waals surface area contributed by atoms with Crippen molar-refractivity contribution in [3.63, 3.8) is 0 Å². The zero-order valence-corrected chi connectivity index (χ0v) is 16.4. The number of rotatable bonds is 7. The maximum absolute atomic E-state index is 12.9. The van der Waals surface area contributed by atoms with Crippen LogP contribution in [0.4, 0.5) is 0 Å². The van der Waals surface area contributed by atoms with E-state index in [-0.39, 0.29) is 4.90 Å². The van der Waals surface area contributed by atoms with Crippen molar-refractivity contribution in [2.75, 3.05) is 7.11 Å². The second kappa shape index (κ2) is 7.94. The molecule has 3 aromatic rings. The predicted octanol–water partition coefficient (Wildman–Crippen LogP) is 3.82. The van der Waals surface area contributed by atoms with Gasteiger partial charge in [-0.2, -0.15) is 0 Å². The normalized spacial score (nSPS) is 12.7. The third-order valence-electron chi connectivity index (χ3n) is 4.39. The molecule has 6 nitrogen and oxygen atoms in total. The van der Waals surface area contributed by atoms with Crippen LogP contribution in [-0.2, 0) is 10.0 Å². The number of benzene rings is 2. The summed E-state index contributed by atoms with van der Waals surface area (Å²) in [6, 6.07) is 14.2. The van der Waals surface area contributed by atoms with Crippen molar-refractivity contribution < 1.29 is 13.2 Å². The summed E-state index contributed by atoms with van der Waals surface area (Å²) in [6.07, 6.45) is 2.29. The topological polar surface area (TPSA) is 84.1 Å².